The molecule has 0 unspecified atom stereocenters. The van der Waals surface area contributed by atoms with E-state index in [1.165, 1.54) is 17.0 Å². The minimum absolute atomic E-state index is 0.143. The van der Waals surface area contributed by atoms with Gasteiger partial charge in [0.15, 0.2) is 0 Å². The molecular formula is C24H32FN3O4S. The third kappa shape index (κ3) is 7.85. The van der Waals surface area contributed by atoms with Crippen molar-refractivity contribution in [3.8, 4) is 0 Å². The highest BCUT2D eigenvalue weighted by Crippen LogP contribution is 2.19. The van der Waals surface area contributed by atoms with E-state index in [-0.39, 0.29) is 18.1 Å². The maximum Gasteiger partial charge on any atom is 0.244 e. The van der Waals surface area contributed by atoms with Crippen LogP contribution in [-0.2, 0) is 26.2 Å². The Bertz CT molecular complexity index is 1060. The fraction of sp³-hybridized carbons (Fsp3) is 0.417. The summed E-state index contributed by atoms with van der Waals surface area (Å²) in [4.78, 5) is 27.5. The maximum absolute atomic E-state index is 13.4. The summed E-state index contributed by atoms with van der Waals surface area (Å²) >= 11 is 0. The van der Waals surface area contributed by atoms with Crippen molar-refractivity contribution in [3.63, 3.8) is 0 Å². The number of sulfonamides is 1. The first-order valence-electron chi connectivity index (χ1n) is 10.9. The number of nitrogens with one attached hydrogen (secondary N) is 1. The van der Waals surface area contributed by atoms with Crippen LogP contribution in [0.1, 0.15) is 37.8 Å². The topological polar surface area (TPSA) is 86.8 Å². The molecule has 0 aliphatic rings. The first-order valence-corrected chi connectivity index (χ1v) is 12.7. The van der Waals surface area contributed by atoms with E-state index in [0.29, 0.717) is 6.54 Å². The van der Waals surface area contributed by atoms with Crippen LogP contribution in [0.15, 0.2) is 48.5 Å². The summed E-state index contributed by atoms with van der Waals surface area (Å²) in [5.74, 6) is -1.36. The fourth-order valence-electron chi connectivity index (χ4n) is 3.35. The van der Waals surface area contributed by atoms with Crippen molar-refractivity contribution >= 4 is 27.5 Å². The lowest BCUT2D eigenvalue weighted by molar-refractivity contribution is -0.139. The van der Waals surface area contributed by atoms with Crippen LogP contribution in [0.4, 0.5) is 10.1 Å². The number of hydrogen-bond acceptors (Lipinski definition) is 4. The van der Waals surface area contributed by atoms with Crippen LogP contribution in [0, 0.1) is 12.7 Å². The Kier molecular flexibility index (Phi) is 9.40. The molecule has 2 rings (SSSR count). The lowest BCUT2D eigenvalue weighted by Crippen LogP contribution is -2.51. The van der Waals surface area contributed by atoms with Gasteiger partial charge in [-0.25, -0.2) is 12.8 Å². The van der Waals surface area contributed by atoms with Gasteiger partial charge in [0.25, 0.3) is 0 Å². The zero-order valence-electron chi connectivity index (χ0n) is 19.5. The van der Waals surface area contributed by atoms with Gasteiger partial charge in [0.05, 0.1) is 11.9 Å². The van der Waals surface area contributed by atoms with Gasteiger partial charge in [-0.3, -0.25) is 13.9 Å². The normalized spacial score (nSPS) is 12.2. The van der Waals surface area contributed by atoms with Crippen molar-refractivity contribution in [1.82, 2.24) is 10.2 Å². The second-order valence-electron chi connectivity index (χ2n) is 8.08. The average molecular weight is 478 g/mol. The number of benzene rings is 2. The predicted octanol–water partition coefficient (Wildman–Crippen LogP) is 3.23. The minimum atomic E-state index is -3.84. The van der Waals surface area contributed by atoms with Gasteiger partial charge in [0.2, 0.25) is 21.8 Å². The van der Waals surface area contributed by atoms with Crippen LogP contribution >= 0.6 is 0 Å². The molecule has 0 bridgehead atoms. The van der Waals surface area contributed by atoms with E-state index in [0.717, 1.165) is 46.7 Å². The maximum atomic E-state index is 13.4. The van der Waals surface area contributed by atoms with E-state index in [9.17, 15) is 22.4 Å². The van der Waals surface area contributed by atoms with Crippen molar-refractivity contribution in [3.05, 3.63) is 65.5 Å². The summed E-state index contributed by atoms with van der Waals surface area (Å²) in [6, 6.07) is 11.6. The van der Waals surface area contributed by atoms with Crippen molar-refractivity contribution in [2.75, 3.05) is 23.7 Å². The largest absolute Gasteiger partial charge is 0.354 e. The van der Waals surface area contributed by atoms with Gasteiger partial charge in [0, 0.05) is 13.1 Å². The number of carbonyl (C=O) groups excluding carboxylic acids is 2. The predicted molar refractivity (Wildman–Crippen MR) is 128 cm³/mol. The molecule has 33 heavy (non-hydrogen) atoms. The Hall–Kier alpha value is -2.94. The highest BCUT2D eigenvalue weighted by Gasteiger charge is 2.30. The SMILES string of the molecule is CCCCNC(=O)[C@H](C)N(Cc1cccc(C)c1)C(=O)CN(c1ccc(F)cc1)S(C)(=O)=O. The fourth-order valence-corrected chi connectivity index (χ4v) is 4.20. The third-order valence-corrected chi connectivity index (χ3v) is 6.37. The van der Waals surface area contributed by atoms with E-state index in [2.05, 4.69) is 5.32 Å². The Labute approximate surface area is 195 Å². The molecule has 180 valence electrons. The molecule has 9 heteroatoms. The van der Waals surface area contributed by atoms with Gasteiger partial charge < -0.3 is 10.2 Å². The van der Waals surface area contributed by atoms with Crippen LogP contribution in [0.5, 0.6) is 0 Å². The van der Waals surface area contributed by atoms with Crippen LogP contribution in [0.2, 0.25) is 0 Å². The second kappa shape index (κ2) is 11.8. The molecule has 0 aromatic heterocycles. The molecular weight excluding hydrogens is 445 g/mol. The van der Waals surface area contributed by atoms with Gasteiger partial charge in [-0.15, -0.1) is 0 Å². The molecule has 0 spiro atoms. The lowest BCUT2D eigenvalue weighted by Gasteiger charge is -2.31. The number of amides is 2. The molecule has 2 amide bonds. The summed E-state index contributed by atoms with van der Waals surface area (Å²) in [5, 5.41) is 2.83. The van der Waals surface area contributed by atoms with Crippen molar-refractivity contribution in [2.45, 2.75) is 46.2 Å². The lowest BCUT2D eigenvalue weighted by atomic mass is 10.1. The Morgan fingerprint density at radius 3 is 2.36 bits per heavy atom. The monoisotopic (exact) mass is 477 g/mol. The number of halogens is 1. The van der Waals surface area contributed by atoms with E-state index < -0.39 is 34.3 Å². The van der Waals surface area contributed by atoms with E-state index in [1.54, 1.807) is 6.92 Å². The summed E-state index contributed by atoms with van der Waals surface area (Å²) < 4.78 is 39.1. The van der Waals surface area contributed by atoms with Crippen LogP contribution in [0.25, 0.3) is 0 Å². The Balaban J connectivity index is 2.33. The molecule has 0 saturated heterocycles. The van der Waals surface area contributed by atoms with Gasteiger partial charge in [0.1, 0.15) is 18.4 Å². The van der Waals surface area contributed by atoms with Crippen LogP contribution in [-0.4, -0.2) is 50.5 Å². The number of anilines is 1. The van der Waals surface area contributed by atoms with Gasteiger partial charge >= 0.3 is 0 Å². The highest BCUT2D eigenvalue weighted by molar-refractivity contribution is 7.92. The number of rotatable bonds is 11. The Morgan fingerprint density at radius 2 is 1.79 bits per heavy atom. The summed E-state index contributed by atoms with van der Waals surface area (Å²) in [7, 11) is -3.84. The summed E-state index contributed by atoms with van der Waals surface area (Å²) in [6.07, 6.45) is 2.72. The number of nitrogens with zero attached hydrogens (tertiary/aromatic N) is 2. The number of aryl methyl sites for hydroxylation is 1. The summed E-state index contributed by atoms with van der Waals surface area (Å²) in [5.41, 5.74) is 2.00. The molecule has 0 radical (unpaired) electrons. The van der Waals surface area contributed by atoms with Crippen molar-refractivity contribution in [1.29, 1.82) is 0 Å². The number of carbonyl (C=O) groups is 2. The zero-order chi connectivity index (χ0) is 24.6. The first kappa shape index (κ1) is 26.3. The van der Waals surface area contributed by atoms with Crippen molar-refractivity contribution < 1.29 is 22.4 Å². The van der Waals surface area contributed by atoms with Crippen LogP contribution < -0.4 is 9.62 Å². The zero-order valence-corrected chi connectivity index (χ0v) is 20.4. The second-order valence-corrected chi connectivity index (χ2v) is 9.98. The Morgan fingerprint density at radius 1 is 1.12 bits per heavy atom. The third-order valence-electron chi connectivity index (χ3n) is 5.23. The van der Waals surface area contributed by atoms with Crippen molar-refractivity contribution in [2.24, 2.45) is 0 Å². The molecule has 2 aromatic carbocycles. The van der Waals surface area contributed by atoms with E-state index >= 15 is 0 Å². The smallest absolute Gasteiger partial charge is 0.244 e. The molecule has 1 atom stereocenters. The van der Waals surface area contributed by atoms with Gasteiger partial charge in [-0.2, -0.15) is 0 Å². The van der Waals surface area contributed by atoms with Crippen LogP contribution in [0.3, 0.4) is 0 Å². The van der Waals surface area contributed by atoms with E-state index in [1.807, 2.05) is 38.1 Å². The minimum Gasteiger partial charge on any atom is -0.354 e. The first-order chi connectivity index (χ1) is 15.5. The molecule has 7 nitrogen and oxygen atoms in total. The molecule has 1 N–H and O–H groups in total. The molecule has 0 heterocycles. The van der Waals surface area contributed by atoms with Gasteiger partial charge in [-0.05, 0) is 50.1 Å². The average Bonchev–Trinajstić information content (AvgIpc) is 2.75. The van der Waals surface area contributed by atoms with Gasteiger partial charge in [-0.1, -0.05) is 43.2 Å². The summed E-state index contributed by atoms with van der Waals surface area (Å²) in [6.45, 7) is 5.69. The molecule has 0 saturated carbocycles. The molecule has 0 fully saturated rings. The quantitative estimate of drug-likeness (QED) is 0.504. The highest BCUT2D eigenvalue weighted by atomic mass is 32.2. The number of unbranched alkanes of at least 4 members (excludes halogenated alkanes) is 1. The molecule has 0 aliphatic carbocycles. The standard InChI is InChI=1S/C24H32FN3O4S/c1-5-6-14-26-24(30)19(3)27(16-20-9-7-8-18(2)15-20)23(29)17-28(33(4,31)32)22-12-10-21(25)11-13-22/h7-13,15,19H,5-6,14,16-17H2,1-4H3,(H,26,30)/t19-/m0/s1. The number of hydrogen-bond donors (Lipinski definition) is 1. The molecule has 2 aromatic rings. The van der Waals surface area contributed by atoms with E-state index in [4.69, 9.17) is 0 Å². The molecule has 0 aliphatic heterocycles.